The molecule has 33 heteroatoms. The smallest absolute Gasteiger partial charge is 0.460 e. The van der Waals surface area contributed by atoms with Crippen LogP contribution in [0.25, 0.3) is 0 Å². The number of methoxy groups -OCH3 is 1. The van der Waals surface area contributed by atoms with Gasteiger partial charge in [0.1, 0.15) is 6.61 Å². The van der Waals surface area contributed by atoms with Crippen molar-refractivity contribution in [2.24, 2.45) is 11.3 Å². The van der Waals surface area contributed by atoms with Crippen LogP contribution in [0.4, 0.5) is 39.5 Å². The number of hydrogen-bond acceptors (Lipinski definition) is 24. The van der Waals surface area contributed by atoms with Crippen molar-refractivity contribution in [2.45, 2.75) is 77.8 Å². The van der Waals surface area contributed by atoms with Gasteiger partial charge in [-0.05, 0) is 26.7 Å². The van der Waals surface area contributed by atoms with Crippen LogP contribution in [0.3, 0.4) is 0 Å². The quantitative estimate of drug-likeness (QED) is 0.0366. The van der Waals surface area contributed by atoms with Crippen LogP contribution in [0.15, 0.2) is 0 Å². The van der Waals surface area contributed by atoms with Crippen LogP contribution >= 0.6 is 0 Å². The Hall–Kier alpha value is -2.49. The van der Waals surface area contributed by atoms with Crippen molar-refractivity contribution in [1.29, 1.82) is 0 Å². The molecular formula is C58H107F9O24. The zero-order valence-corrected chi connectivity index (χ0v) is 54.4. The third-order valence-electron chi connectivity index (χ3n) is 11.9. The van der Waals surface area contributed by atoms with Gasteiger partial charge in [0.25, 0.3) is 0 Å². The Morgan fingerprint density at radius 1 is 0.308 bits per heavy atom. The molecule has 0 saturated carbocycles. The molecular weight excluding hydrogens is 1250 g/mol. The molecule has 0 aromatic rings. The molecule has 0 aromatic heterocycles. The molecule has 91 heavy (non-hydrogen) atoms. The fourth-order valence-electron chi connectivity index (χ4n) is 5.89. The maximum Gasteiger partial charge on any atom is 0.460 e. The van der Waals surface area contributed by atoms with E-state index in [0.717, 1.165) is 6.42 Å². The van der Waals surface area contributed by atoms with Crippen molar-refractivity contribution in [1.82, 2.24) is 0 Å². The number of hydrogen-bond donors (Lipinski definition) is 0. The molecule has 0 aliphatic rings. The molecule has 24 nitrogen and oxygen atoms in total. The van der Waals surface area contributed by atoms with E-state index in [1.54, 1.807) is 7.11 Å². The van der Waals surface area contributed by atoms with Crippen molar-refractivity contribution in [3.8, 4) is 0 Å². The molecule has 0 aliphatic heterocycles. The summed E-state index contributed by atoms with van der Waals surface area (Å²) < 4.78 is 231. The van der Waals surface area contributed by atoms with Crippen LogP contribution in [0.1, 0.15) is 53.9 Å². The number of alkyl halides is 9. The topological polar surface area (TPSA) is 237 Å². The summed E-state index contributed by atoms with van der Waals surface area (Å²) in [5, 5.41) is 0. The lowest BCUT2D eigenvalue weighted by molar-refractivity contribution is -0.397. The van der Waals surface area contributed by atoms with E-state index in [1.165, 1.54) is 20.8 Å². The van der Waals surface area contributed by atoms with Gasteiger partial charge in [0.2, 0.25) is 0 Å². The Balaban J connectivity index is 0. The summed E-state index contributed by atoms with van der Waals surface area (Å²) in [6, 6.07) is 0. The summed E-state index contributed by atoms with van der Waals surface area (Å²) in [4.78, 5) is 23.0. The van der Waals surface area contributed by atoms with Gasteiger partial charge >= 0.3 is 35.9 Å². The van der Waals surface area contributed by atoms with Crippen LogP contribution in [0.2, 0.25) is 0 Å². The molecule has 0 aromatic carbocycles. The third kappa shape index (κ3) is 54.3. The van der Waals surface area contributed by atoms with E-state index in [2.05, 4.69) is 4.74 Å². The SMILES string of the molecule is CCC(C)(C)C(=O)OCCC(F)(F)C(F)(F)C(F)(F)C(F)(F)F.CCC(C)C(=O)OCCOCCOCCOCCOCCOCCOCCOCCOCCOCCOCCOCCOCCOCCOCCOCCOCCOCCOCCOCCOC. The second-order valence-electron chi connectivity index (χ2n) is 19.6. The first-order valence-corrected chi connectivity index (χ1v) is 30.7. The summed E-state index contributed by atoms with van der Waals surface area (Å²) in [7, 11) is 1.64. The average molecular weight is 1360 g/mol. The highest BCUT2D eigenvalue weighted by atomic mass is 19.4. The van der Waals surface area contributed by atoms with Crippen molar-refractivity contribution in [3.05, 3.63) is 0 Å². The minimum atomic E-state index is -6.93. The number of ether oxygens (including phenoxy) is 22. The largest absolute Gasteiger partial charge is 0.465 e. The first-order chi connectivity index (χ1) is 43.7. The number of halogens is 9. The van der Waals surface area contributed by atoms with E-state index in [-0.39, 0.29) is 24.9 Å². The maximum atomic E-state index is 13.1. The molecule has 0 fully saturated rings. The van der Waals surface area contributed by atoms with Gasteiger partial charge in [0.15, 0.2) is 0 Å². The molecule has 0 amide bonds. The monoisotopic (exact) mass is 1360 g/mol. The molecule has 1 atom stereocenters. The van der Waals surface area contributed by atoms with Gasteiger partial charge < -0.3 is 104 Å². The van der Waals surface area contributed by atoms with E-state index in [1.807, 2.05) is 13.8 Å². The Morgan fingerprint density at radius 2 is 0.516 bits per heavy atom. The molecule has 0 bridgehead atoms. The normalized spacial score (nSPS) is 12.8. The Morgan fingerprint density at radius 3 is 0.703 bits per heavy atom. The van der Waals surface area contributed by atoms with Crippen LogP contribution in [0, 0.1) is 11.3 Å². The summed E-state index contributed by atoms with van der Waals surface area (Å²) in [6.07, 6.45) is -8.08. The van der Waals surface area contributed by atoms with Crippen LogP contribution in [-0.2, 0) is 114 Å². The summed E-state index contributed by atoms with van der Waals surface area (Å²) in [5.41, 5.74) is -1.15. The van der Waals surface area contributed by atoms with E-state index < -0.39 is 48.4 Å². The van der Waals surface area contributed by atoms with Crippen molar-refractivity contribution < 1.29 is 153 Å². The van der Waals surface area contributed by atoms with Gasteiger partial charge in [0.05, 0.1) is 282 Å². The number of carbonyl (C=O) groups is 2. The predicted octanol–water partition coefficient (Wildman–Crippen LogP) is 6.36. The summed E-state index contributed by atoms with van der Waals surface area (Å²) in [6.45, 7) is 26.1. The molecule has 0 rings (SSSR count). The van der Waals surface area contributed by atoms with Crippen molar-refractivity contribution in [3.63, 3.8) is 0 Å². The minimum absolute atomic E-state index is 0.0806. The molecule has 0 saturated heterocycles. The van der Waals surface area contributed by atoms with Gasteiger partial charge in [-0.1, -0.05) is 20.8 Å². The van der Waals surface area contributed by atoms with Gasteiger partial charge in [-0.15, -0.1) is 0 Å². The van der Waals surface area contributed by atoms with E-state index in [0.29, 0.717) is 258 Å². The highest BCUT2D eigenvalue weighted by Crippen LogP contribution is 2.54. The number of carbonyl (C=O) groups excluding carboxylic acids is 2. The molecule has 0 N–H and O–H groups in total. The molecule has 0 spiro atoms. The first-order valence-electron chi connectivity index (χ1n) is 30.7. The maximum absolute atomic E-state index is 13.1. The second-order valence-corrected chi connectivity index (χ2v) is 19.6. The zero-order valence-electron chi connectivity index (χ0n) is 54.4. The fraction of sp³-hybridized carbons (Fsp3) is 0.966. The lowest BCUT2D eigenvalue weighted by Gasteiger charge is -2.33. The summed E-state index contributed by atoms with van der Waals surface area (Å²) in [5.74, 6) is -20.7. The molecule has 0 radical (unpaired) electrons. The van der Waals surface area contributed by atoms with E-state index in [9.17, 15) is 49.1 Å². The molecule has 546 valence electrons. The standard InChI is InChI=1S/C46H92O22.C12H15F9O2/c1-4-45(2)46(47)68-44-43-67-42-41-66-40-39-65-38-37-64-36-35-63-34-33-62-32-31-61-30-29-60-28-27-59-26-25-58-24-23-57-22-21-56-20-19-55-18-17-54-16-15-53-14-13-52-12-11-51-10-9-50-8-7-49-6-5-48-3;1-4-8(2,3)7(22)23-6-5-9(13,14)10(15,16)11(17,18)12(19,20)21/h45H,4-44H2,1-3H3;4-6H2,1-3H3. The zero-order chi connectivity index (χ0) is 67.9. The lowest BCUT2D eigenvalue weighted by Crippen LogP contribution is -2.61. The molecule has 1 unspecified atom stereocenters. The first kappa shape index (κ1) is 90.6. The molecule has 0 heterocycles. The van der Waals surface area contributed by atoms with Gasteiger partial charge in [0, 0.05) is 7.11 Å². The Kier molecular flexibility index (Phi) is 62.0. The van der Waals surface area contributed by atoms with Gasteiger partial charge in [-0.3, -0.25) is 9.59 Å². The third-order valence-corrected chi connectivity index (χ3v) is 11.9. The predicted molar refractivity (Wildman–Crippen MR) is 308 cm³/mol. The van der Waals surface area contributed by atoms with E-state index >= 15 is 0 Å². The number of esters is 2. The Labute approximate surface area is 531 Å². The summed E-state index contributed by atoms with van der Waals surface area (Å²) >= 11 is 0. The van der Waals surface area contributed by atoms with Crippen molar-refractivity contribution in [2.75, 3.05) is 278 Å². The van der Waals surface area contributed by atoms with Gasteiger partial charge in [-0.25, -0.2) is 0 Å². The van der Waals surface area contributed by atoms with Crippen LogP contribution in [0.5, 0.6) is 0 Å². The highest BCUT2D eigenvalue weighted by molar-refractivity contribution is 5.75. The van der Waals surface area contributed by atoms with Crippen molar-refractivity contribution >= 4 is 11.9 Å². The van der Waals surface area contributed by atoms with Crippen LogP contribution < -0.4 is 0 Å². The lowest BCUT2D eigenvalue weighted by atomic mass is 9.91. The minimum Gasteiger partial charge on any atom is -0.465 e. The van der Waals surface area contributed by atoms with Crippen LogP contribution in [-0.4, -0.2) is 314 Å². The number of rotatable bonds is 69. The second kappa shape index (κ2) is 62.3. The fourth-order valence-corrected chi connectivity index (χ4v) is 5.89. The highest BCUT2D eigenvalue weighted by Gasteiger charge is 2.81. The van der Waals surface area contributed by atoms with E-state index in [4.69, 9.17) is 99.5 Å². The molecule has 0 aliphatic carbocycles. The van der Waals surface area contributed by atoms with Gasteiger partial charge in [-0.2, -0.15) is 39.5 Å². The Bertz CT molecular complexity index is 1590. The average Bonchev–Trinajstić information content (AvgIpc) is 0.792.